The first kappa shape index (κ1) is 23.8. The van der Waals surface area contributed by atoms with E-state index in [-0.39, 0.29) is 39.8 Å². The summed E-state index contributed by atoms with van der Waals surface area (Å²) in [4.78, 5) is 39.0. The van der Waals surface area contributed by atoms with Gasteiger partial charge in [-0.3, -0.25) is 9.59 Å². The smallest absolute Gasteiger partial charge is 0.410 e. The summed E-state index contributed by atoms with van der Waals surface area (Å²) in [5, 5.41) is 5.46. The predicted molar refractivity (Wildman–Crippen MR) is 124 cm³/mol. The van der Waals surface area contributed by atoms with Crippen LogP contribution in [0.25, 0.3) is 0 Å². The third-order valence-corrected chi connectivity index (χ3v) is 7.54. The Kier molecular flexibility index (Phi) is 6.15. The molecule has 0 saturated carbocycles. The molecule has 3 heterocycles. The van der Waals surface area contributed by atoms with Gasteiger partial charge in [0.25, 0.3) is 21.8 Å². The number of likely N-dealkylation sites (tertiary alicyclic amines) is 1. The quantitative estimate of drug-likeness (QED) is 0.684. The number of ether oxygens (including phenoxy) is 1. The number of aromatic nitrogens is 1. The normalized spacial score (nSPS) is 17.7. The summed E-state index contributed by atoms with van der Waals surface area (Å²) in [6.45, 7) is 7.02. The molecule has 1 saturated heterocycles. The summed E-state index contributed by atoms with van der Waals surface area (Å²) in [5.74, 6) is -0.732. The number of amides is 3. The van der Waals surface area contributed by atoms with Crippen LogP contribution in [0.4, 0.5) is 10.5 Å². The minimum Gasteiger partial charge on any atom is -0.444 e. The number of fused-ring (bicyclic) bond motifs is 2. The molecule has 2 aliphatic rings. The van der Waals surface area contributed by atoms with Crippen molar-refractivity contribution in [1.29, 1.82) is 0 Å². The zero-order valence-corrected chi connectivity index (χ0v) is 20.1. The van der Waals surface area contributed by atoms with Gasteiger partial charge in [0.1, 0.15) is 16.2 Å². The topological polar surface area (TPSA) is 127 Å². The Morgan fingerprint density at radius 2 is 1.88 bits per heavy atom. The second-order valence-corrected chi connectivity index (χ2v) is 11.3. The van der Waals surface area contributed by atoms with Gasteiger partial charge in [0.05, 0.1) is 5.69 Å². The van der Waals surface area contributed by atoms with Crippen molar-refractivity contribution >= 4 is 33.6 Å². The Bertz CT molecular complexity index is 1240. The lowest BCUT2D eigenvalue weighted by Crippen LogP contribution is -2.43. The molecule has 3 amide bonds. The lowest BCUT2D eigenvalue weighted by Gasteiger charge is -2.33. The first-order valence-corrected chi connectivity index (χ1v) is 12.5. The predicted octanol–water partition coefficient (Wildman–Crippen LogP) is 2.67. The van der Waals surface area contributed by atoms with Crippen LogP contribution >= 0.6 is 0 Å². The maximum atomic E-state index is 12.9. The molecule has 1 aromatic carbocycles. The van der Waals surface area contributed by atoms with E-state index in [4.69, 9.17) is 4.74 Å². The second kappa shape index (κ2) is 8.79. The van der Waals surface area contributed by atoms with Crippen LogP contribution in [0, 0.1) is 5.92 Å². The molecular formula is C23H28N4O6S. The third kappa shape index (κ3) is 4.79. The zero-order chi connectivity index (χ0) is 24.7. The van der Waals surface area contributed by atoms with E-state index >= 15 is 0 Å². The fraction of sp³-hybridized carbons (Fsp3) is 0.435. The maximum Gasteiger partial charge on any atom is 0.410 e. The molecular weight excluding hydrogens is 460 g/mol. The molecule has 34 heavy (non-hydrogen) atoms. The molecule has 11 heteroatoms. The third-order valence-electron chi connectivity index (χ3n) is 5.79. The molecule has 0 spiro atoms. The van der Waals surface area contributed by atoms with Crippen molar-refractivity contribution in [3.8, 4) is 0 Å². The summed E-state index contributed by atoms with van der Waals surface area (Å²) in [5.41, 5.74) is -0.239. The average Bonchev–Trinajstić information content (AvgIpc) is 3.25. The highest BCUT2D eigenvalue weighted by atomic mass is 32.2. The number of benzene rings is 1. The Morgan fingerprint density at radius 1 is 1.18 bits per heavy atom. The number of carbonyl (C=O) groups excluding carboxylic acids is 3. The van der Waals surface area contributed by atoms with Crippen LogP contribution < -0.4 is 10.6 Å². The van der Waals surface area contributed by atoms with Crippen LogP contribution in [0.2, 0.25) is 0 Å². The van der Waals surface area contributed by atoms with Gasteiger partial charge < -0.3 is 20.3 Å². The van der Waals surface area contributed by atoms with Crippen LogP contribution in [0.5, 0.6) is 0 Å². The molecule has 1 fully saturated rings. The van der Waals surface area contributed by atoms with Crippen molar-refractivity contribution in [2.45, 2.75) is 44.1 Å². The summed E-state index contributed by atoms with van der Waals surface area (Å²) >= 11 is 0. The lowest BCUT2D eigenvalue weighted by molar-refractivity contribution is 0.0183. The molecule has 2 aliphatic heterocycles. The molecule has 2 N–H and O–H groups in total. The lowest BCUT2D eigenvalue weighted by atomic mass is 9.97. The van der Waals surface area contributed by atoms with Crippen molar-refractivity contribution in [3.05, 3.63) is 47.8 Å². The van der Waals surface area contributed by atoms with Gasteiger partial charge in [0.2, 0.25) is 0 Å². The van der Waals surface area contributed by atoms with Crippen LogP contribution in [0.1, 0.15) is 54.5 Å². The number of hydrogen-bond acceptors (Lipinski definition) is 6. The SMILES string of the molecule is CC(C)(C)OC(=O)N1CCC(CNC(=O)c2ccc3c(c2)NC(=O)c2cccn2S3(=O)=O)CC1. The van der Waals surface area contributed by atoms with E-state index in [9.17, 15) is 22.8 Å². The summed E-state index contributed by atoms with van der Waals surface area (Å²) in [6, 6.07) is 7.03. The van der Waals surface area contributed by atoms with Gasteiger partial charge in [-0.25, -0.2) is 17.2 Å². The molecule has 182 valence electrons. The summed E-state index contributed by atoms with van der Waals surface area (Å²) < 4.78 is 32.2. The minimum absolute atomic E-state index is 0.0000689. The second-order valence-electron chi connectivity index (χ2n) is 9.48. The van der Waals surface area contributed by atoms with Gasteiger partial charge in [0, 0.05) is 31.4 Å². The van der Waals surface area contributed by atoms with E-state index in [1.54, 1.807) is 4.90 Å². The highest BCUT2D eigenvalue weighted by Gasteiger charge is 2.31. The highest BCUT2D eigenvalue weighted by molar-refractivity contribution is 7.90. The van der Waals surface area contributed by atoms with E-state index in [1.165, 1.54) is 36.5 Å². The molecule has 0 bridgehead atoms. The number of anilines is 1. The van der Waals surface area contributed by atoms with Gasteiger partial charge in [-0.2, -0.15) is 0 Å². The van der Waals surface area contributed by atoms with Gasteiger partial charge in [-0.1, -0.05) is 0 Å². The van der Waals surface area contributed by atoms with Crippen molar-refractivity contribution in [3.63, 3.8) is 0 Å². The molecule has 2 aromatic rings. The van der Waals surface area contributed by atoms with Gasteiger partial charge >= 0.3 is 6.09 Å². The molecule has 0 aliphatic carbocycles. The maximum absolute atomic E-state index is 12.9. The number of rotatable bonds is 3. The number of carbonyl (C=O) groups is 3. The van der Waals surface area contributed by atoms with Crippen LogP contribution in [0.3, 0.4) is 0 Å². The molecule has 0 radical (unpaired) electrons. The Hall–Kier alpha value is -3.34. The zero-order valence-electron chi connectivity index (χ0n) is 19.3. The Labute approximate surface area is 198 Å². The van der Waals surface area contributed by atoms with Gasteiger partial charge in [0.15, 0.2) is 0 Å². The molecule has 0 unspecified atom stereocenters. The van der Waals surface area contributed by atoms with E-state index in [2.05, 4.69) is 10.6 Å². The van der Waals surface area contributed by atoms with Crippen molar-refractivity contribution in [1.82, 2.24) is 14.2 Å². The highest BCUT2D eigenvalue weighted by Crippen LogP contribution is 2.30. The fourth-order valence-electron chi connectivity index (χ4n) is 4.02. The average molecular weight is 489 g/mol. The van der Waals surface area contributed by atoms with Crippen molar-refractivity contribution in [2.75, 3.05) is 25.0 Å². The molecule has 4 rings (SSSR count). The van der Waals surface area contributed by atoms with Crippen LogP contribution in [0.15, 0.2) is 41.4 Å². The van der Waals surface area contributed by atoms with Gasteiger partial charge in [-0.15, -0.1) is 0 Å². The standard InChI is InChI=1S/C23H28N4O6S/c1-23(2,3)33-22(30)26-11-8-15(9-12-26)14-24-20(28)16-6-7-19-17(13-16)25-21(29)18-5-4-10-27(18)34(19,31)32/h4-7,10,13,15H,8-9,11-12,14H2,1-3H3,(H,24,28)(H,25,29). The monoisotopic (exact) mass is 488 g/mol. The Morgan fingerprint density at radius 3 is 2.56 bits per heavy atom. The van der Waals surface area contributed by atoms with E-state index < -0.39 is 21.5 Å². The van der Waals surface area contributed by atoms with Crippen LogP contribution in [-0.2, 0) is 14.8 Å². The van der Waals surface area contributed by atoms with E-state index in [0.29, 0.717) is 19.6 Å². The van der Waals surface area contributed by atoms with Crippen molar-refractivity contribution < 1.29 is 27.5 Å². The van der Waals surface area contributed by atoms with Crippen molar-refractivity contribution in [2.24, 2.45) is 5.92 Å². The fourth-order valence-corrected chi connectivity index (χ4v) is 5.50. The van der Waals surface area contributed by atoms with Crippen LogP contribution in [-0.4, -0.2) is 60.4 Å². The first-order valence-electron chi connectivity index (χ1n) is 11.1. The number of hydrogen-bond donors (Lipinski definition) is 2. The van der Waals surface area contributed by atoms with Gasteiger partial charge in [-0.05, 0) is 69.9 Å². The van der Waals surface area contributed by atoms with E-state index in [1.807, 2.05) is 20.8 Å². The number of nitrogens with zero attached hydrogens (tertiary/aromatic N) is 2. The molecule has 1 aromatic heterocycles. The largest absolute Gasteiger partial charge is 0.444 e. The summed E-state index contributed by atoms with van der Waals surface area (Å²) in [6.07, 6.45) is 2.45. The summed E-state index contributed by atoms with van der Waals surface area (Å²) in [7, 11) is -3.96. The number of nitrogens with one attached hydrogen (secondary N) is 2. The molecule has 10 nitrogen and oxygen atoms in total. The number of piperidine rings is 1. The van der Waals surface area contributed by atoms with E-state index in [0.717, 1.165) is 16.8 Å². The first-order chi connectivity index (χ1) is 16.0. The Balaban J connectivity index is 1.38. The molecule has 0 atom stereocenters. The minimum atomic E-state index is -3.96.